The van der Waals surface area contributed by atoms with Crippen LogP contribution in [0.1, 0.15) is 23.2 Å². The third kappa shape index (κ3) is 4.94. The SMILES string of the molecule is O=C(Nc1nccs1)C1CCCN1C(=O)c1ccc(OCC(F)(F)F)nc1. The number of carbonyl (C=O) groups is 2. The van der Waals surface area contributed by atoms with Crippen LogP contribution in [0.4, 0.5) is 18.3 Å². The van der Waals surface area contributed by atoms with Gasteiger partial charge in [0.2, 0.25) is 11.8 Å². The molecule has 1 fully saturated rings. The third-order valence-electron chi connectivity index (χ3n) is 3.85. The summed E-state index contributed by atoms with van der Waals surface area (Å²) in [7, 11) is 0. The van der Waals surface area contributed by atoms with Gasteiger partial charge in [0.25, 0.3) is 5.91 Å². The van der Waals surface area contributed by atoms with Crippen molar-refractivity contribution in [2.75, 3.05) is 18.5 Å². The van der Waals surface area contributed by atoms with Gasteiger partial charge in [-0.2, -0.15) is 13.2 Å². The van der Waals surface area contributed by atoms with Crippen molar-refractivity contribution < 1.29 is 27.5 Å². The third-order valence-corrected chi connectivity index (χ3v) is 4.53. The van der Waals surface area contributed by atoms with E-state index in [2.05, 4.69) is 20.0 Å². The van der Waals surface area contributed by atoms with E-state index in [9.17, 15) is 22.8 Å². The summed E-state index contributed by atoms with van der Waals surface area (Å²) in [6, 6.07) is 1.89. The summed E-state index contributed by atoms with van der Waals surface area (Å²) < 4.78 is 41.0. The number of rotatable bonds is 5. The Morgan fingerprint density at radius 2 is 2.15 bits per heavy atom. The van der Waals surface area contributed by atoms with Crippen molar-refractivity contribution in [3.63, 3.8) is 0 Å². The highest BCUT2D eigenvalue weighted by Gasteiger charge is 2.35. The van der Waals surface area contributed by atoms with E-state index >= 15 is 0 Å². The lowest BCUT2D eigenvalue weighted by Gasteiger charge is -2.23. The first kappa shape index (κ1) is 19.1. The summed E-state index contributed by atoms with van der Waals surface area (Å²) in [5, 5.41) is 4.85. The van der Waals surface area contributed by atoms with Crippen molar-refractivity contribution in [2.45, 2.75) is 25.1 Å². The van der Waals surface area contributed by atoms with Gasteiger partial charge in [-0.1, -0.05) is 0 Å². The summed E-state index contributed by atoms with van der Waals surface area (Å²) in [4.78, 5) is 34.2. The molecule has 7 nitrogen and oxygen atoms in total. The standard InChI is InChI=1S/C16H15F3N4O3S/c17-16(18,19)9-26-12-4-3-10(8-21-12)14(25)23-6-1-2-11(23)13(24)22-15-20-5-7-27-15/h3-5,7-8,11H,1-2,6,9H2,(H,20,22,24). The zero-order valence-electron chi connectivity index (χ0n) is 13.9. The number of anilines is 1. The predicted octanol–water partition coefficient (Wildman–Crippen LogP) is 2.72. The molecule has 0 aromatic carbocycles. The number of pyridine rings is 1. The molecule has 1 aliphatic rings. The van der Waals surface area contributed by atoms with Crippen molar-refractivity contribution in [2.24, 2.45) is 0 Å². The van der Waals surface area contributed by atoms with Crippen LogP contribution >= 0.6 is 11.3 Å². The highest BCUT2D eigenvalue weighted by Crippen LogP contribution is 2.23. The number of alkyl halides is 3. The first-order valence-corrected chi connectivity index (χ1v) is 8.88. The van der Waals surface area contributed by atoms with E-state index in [0.29, 0.717) is 24.5 Å². The van der Waals surface area contributed by atoms with Gasteiger partial charge in [0.15, 0.2) is 11.7 Å². The van der Waals surface area contributed by atoms with Crippen molar-refractivity contribution in [3.05, 3.63) is 35.5 Å². The highest BCUT2D eigenvalue weighted by atomic mass is 32.1. The highest BCUT2D eigenvalue weighted by molar-refractivity contribution is 7.13. The van der Waals surface area contributed by atoms with E-state index in [1.54, 1.807) is 11.6 Å². The van der Waals surface area contributed by atoms with E-state index in [4.69, 9.17) is 0 Å². The fourth-order valence-electron chi connectivity index (χ4n) is 2.67. The van der Waals surface area contributed by atoms with E-state index < -0.39 is 24.7 Å². The number of hydrogen-bond acceptors (Lipinski definition) is 6. The van der Waals surface area contributed by atoms with Gasteiger partial charge in [-0.25, -0.2) is 9.97 Å². The molecule has 2 aromatic rings. The molecule has 0 saturated carbocycles. The molecule has 3 heterocycles. The molecule has 1 unspecified atom stereocenters. The number of nitrogens with one attached hydrogen (secondary N) is 1. The van der Waals surface area contributed by atoms with Crippen LogP contribution in [0, 0.1) is 0 Å². The number of ether oxygens (including phenoxy) is 1. The molecule has 3 rings (SSSR count). The predicted molar refractivity (Wildman–Crippen MR) is 90.6 cm³/mol. The van der Waals surface area contributed by atoms with Crippen molar-refractivity contribution >= 4 is 28.3 Å². The number of aromatic nitrogens is 2. The van der Waals surface area contributed by atoms with Crippen LogP contribution in [0.3, 0.4) is 0 Å². The van der Waals surface area contributed by atoms with Crippen LogP contribution in [0.15, 0.2) is 29.9 Å². The second-order valence-corrected chi connectivity index (χ2v) is 6.67. The Labute approximate surface area is 156 Å². The minimum Gasteiger partial charge on any atom is -0.468 e. The lowest BCUT2D eigenvalue weighted by atomic mass is 10.2. The Kier molecular flexibility index (Phi) is 5.59. The molecule has 0 radical (unpaired) electrons. The fourth-order valence-corrected chi connectivity index (χ4v) is 3.20. The van der Waals surface area contributed by atoms with E-state index in [0.717, 1.165) is 6.20 Å². The fraction of sp³-hybridized carbons (Fsp3) is 0.375. The normalized spacial score (nSPS) is 17.0. The van der Waals surface area contributed by atoms with E-state index in [1.165, 1.54) is 28.4 Å². The molecular formula is C16H15F3N4O3S. The minimum atomic E-state index is -4.47. The first-order valence-electron chi connectivity index (χ1n) is 8.00. The lowest BCUT2D eigenvalue weighted by Crippen LogP contribution is -2.43. The van der Waals surface area contributed by atoms with Crippen molar-refractivity contribution in [3.8, 4) is 5.88 Å². The van der Waals surface area contributed by atoms with Gasteiger partial charge in [-0.05, 0) is 18.9 Å². The largest absolute Gasteiger partial charge is 0.468 e. The molecule has 144 valence electrons. The molecular weight excluding hydrogens is 385 g/mol. The summed E-state index contributed by atoms with van der Waals surface area (Å²) in [5.41, 5.74) is 0.170. The Balaban J connectivity index is 1.64. The average Bonchev–Trinajstić information content (AvgIpc) is 3.30. The van der Waals surface area contributed by atoms with Crippen molar-refractivity contribution in [1.29, 1.82) is 0 Å². The summed E-state index contributed by atoms with van der Waals surface area (Å²) in [5.74, 6) is -0.973. The topological polar surface area (TPSA) is 84.4 Å². The quantitative estimate of drug-likeness (QED) is 0.834. The van der Waals surface area contributed by atoms with Gasteiger partial charge in [-0.3, -0.25) is 9.59 Å². The summed E-state index contributed by atoms with van der Waals surface area (Å²) >= 11 is 1.27. The van der Waals surface area contributed by atoms with Gasteiger partial charge < -0.3 is 15.0 Å². The number of hydrogen-bond donors (Lipinski definition) is 1. The molecule has 27 heavy (non-hydrogen) atoms. The molecule has 0 bridgehead atoms. The second kappa shape index (κ2) is 7.91. The molecule has 1 aliphatic heterocycles. The van der Waals surface area contributed by atoms with E-state index in [1.807, 2.05) is 0 Å². The van der Waals surface area contributed by atoms with Crippen LogP contribution in [0.25, 0.3) is 0 Å². The van der Waals surface area contributed by atoms with Crippen LogP contribution in [0.2, 0.25) is 0 Å². The summed E-state index contributed by atoms with van der Waals surface area (Å²) in [6.45, 7) is -1.06. The number of thiazole rings is 1. The molecule has 11 heteroatoms. The number of nitrogens with zero attached hydrogens (tertiary/aromatic N) is 3. The molecule has 0 aliphatic carbocycles. The van der Waals surface area contributed by atoms with E-state index in [-0.39, 0.29) is 17.4 Å². The van der Waals surface area contributed by atoms with Gasteiger partial charge >= 0.3 is 6.18 Å². The minimum absolute atomic E-state index is 0.170. The molecule has 2 aromatic heterocycles. The maximum absolute atomic E-state index is 12.7. The Morgan fingerprint density at radius 1 is 1.33 bits per heavy atom. The number of carbonyl (C=O) groups excluding carboxylic acids is 2. The van der Waals surface area contributed by atoms with Gasteiger partial charge in [0.05, 0.1) is 5.56 Å². The Bertz CT molecular complexity index is 796. The summed E-state index contributed by atoms with van der Waals surface area (Å²) in [6.07, 6.45) is -0.580. The second-order valence-electron chi connectivity index (χ2n) is 5.77. The molecule has 1 saturated heterocycles. The maximum atomic E-state index is 12.7. The Hall–Kier alpha value is -2.69. The number of likely N-dealkylation sites (tertiary alicyclic amines) is 1. The lowest BCUT2D eigenvalue weighted by molar-refractivity contribution is -0.154. The Morgan fingerprint density at radius 3 is 2.78 bits per heavy atom. The first-order chi connectivity index (χ1) is 12.8. The molecule has 0 spiro atoms. The van der Waals surface area contributed by atoms with Crippen LogP contribution < -0.4 is 10.1 Å². The molecule has 1 N–H and O–H groups in total. The smallest absolute Gasteiger partial charge is 0.422 e. The zero-order chi connectivity index (χ0) is 19.4. The number of halogens is 3. The average molecular weight is 400 g/mol. The van der Waals surface area contributed by atoms with Crippen LogP contribution in [-0.2, 0) is 4.79 Å². The maximum Gasteiger partial charge on any atom is 0.422 e. The molecule has 2 amide bonds. The van der Waals surface area contributed by atoms with Gasteiger partial charge in [0.1, 0.15) is 6.04 Å². The monoisotopic (exact) mass is 400 g/mol. The van der Waals surface area contributed by atoms with Crippen LogP contribution in [-0.4, -0.2) is 52.1 Å². The molecule has 1 atom stereocenters. The van der Waals surface area contributed by atoms with Crippen molar-refractivity contribution in [1.82, 2.24) is 14.9 Å². The van der Waals surface area contributed by atoms with Crippen LogP contribution in [0.5, 0.6) is 5.88 Å². The number of amides is 2. The zero-order valence-corrected chi connectivity index (χ0v) is 14.7. The van der Waals surface area contributed by atoms with Gasteiger partial charge in [-0.15, -0.1) is 11.3 Å². The van der Waals surface area contributed by atoms with Gasteiger partial charge in [0, 0.05) is 30.4 Å².